The lowest BCUT2D eigenvalue weighted by Crippen LogP contribution is -2.35. The van der Waals surface area contributed by atoms with Crippen LogP contribution in [0.15, 0.2) is 36.4 Å². The zero-order chi connectivity index (χ0) is 19.3. The number of rotatable bonds is 7. The van der Waals surface area contributed by atoms with E-state index in [0.29, 0.717) is 12.3 Å². The van der Waals surface area contributed by atoms with Gasteiger partial charge in [0.2, 0.25) is 0 Å². The lowest BCUT2D eigenvalue weighted by Gasteiger charge is -2.16. The smallest absolute Gasteiger partial charge is 0.261 e. The largest absolute Gasteiger partial charge is 0.491 e. The van der Waals surface area contributed by atoms with E-state index in [4.69, 9.17) is 21.1 Å². The van der Waals surface area contributed by atoms with Crippen molar-refractivity contribution in [3.05, 3.63) is 58.1 Å². The fourth-order valence-corrected chi connectivity index (χ4v) is 2.67. The Balaban J connectivity index is 1.93. The van der Waals surface area contributed by atoms with Crippen molar-refractivity contribution in [2.75, 3.05) is 0 Å². The molecule has 0 heterocycles. The molecule has 140 valence electrons. The molecule has 2 aromatic rings. The van der Waals surface area contributed by atoms with E-state index in [-0.39, 0.29) is 12.0 Å². The molecule has 26 heavy (non-hydrogen) atoms. The van der Waals surface area contributed by atoms with Crippen LogP contribution < -0.4 is 14.8 Å². The molecule has 0 saturated heterocycles. The van der Waals surface area contributed by atoms with Crippen molar-refractivity contribution in [3.63, 3.8) is 0 Å². The number of hydrogen-bond donors (Lipinski definition) is 1. The standard InChI is InChI=1S/C21H26ClNO3/c1-13(2)25-18-8-6-7-17(11-18)12-23-21(24)16(5)26-19-9-14(3)20(22)15(4)10-19/h6-11,13,16H,12H2,1-5H3,(H,23,24). The Morgan fingerprint density at radius 1 is 1.04 bits per heavy atom. The SMILES string of the molecule is Cc1cc(OC(C)C(=O)NCc2cccc(OC(C)C)c2)cc(C)c1Cl. The molecule has 4 nitrogen and oxygen atoms in total. The van der Waals surface area contributed by atoms with Crippen molar-refractivity contribution in [1.29, 1.82) is 0 Å². The number of benzene rings is 2. The van der Waals surface area contributed by atoms with Gasteiger partial charge in [0, 0.05) is 11.6 Å². The van der Waals surface area contributed by atoms with Gasteiger partial charge in [-0.25, -0.2) is 0 Å². The van der Waals surface area contributed by atoms with Crippen molar-refractivity contribution >= 4 is 17.5 Å². The van der Waals surface area contributed by atoms with Gasteiger partial charge in [-0.05, 0) is 75.6 Å². The van der Waals surface area contributed by atoms with E-state index in [9.17, 15) is 4.79 Å². The minimum atomic E-state index is -0.606. The third-order valence-corrected chi connectivity index (χ3v) is 4.43. The molecular formula is C21H26ClNO3. The second kappa shape index (κ2) is 8.95. The number of amides is 1. The van der Waals surface area contributed by atoms with Crippen LogP contribution in [-0.2, 0) is 11.3 Å². The molecule has 0 aliphatic heterocycles. The first-order valence-electron chi connectivity index (χ1n) is 8.73. The number of ether oxygens (including phenoxy) is 2. The zero-order valence-corrected chi connectivity index (χ0v) is 16.7. The lowest BCUT2D eigenvalue weighted by atomic mass is 10.1. The third-order valence-electron chi connectivity index (χ3n) is 3.83. The van der Waals surface area contributed by atoms with Crippen LogP contribution in [0, 0.1) is 13.8 Å². The number of nitrogens with one attached hydrogen (secondary N) is 1. The Morgan fingerprint density at radius 3 is 2.31 bits per heavy atom. The zero-order valence-electron chi connectivity index (χ0n) is 15.9. The molecule has 0 aliphatic rings. The Kier molecular flexibility index (Phi) is 6.92. The summed E-state index contributed by atoms with van der Waals surface area (Å²) < 4.78 is 11.4. The molecule has 2 aromatic carbocycles. The van der Waals surface area contributed by atoms with E-state index in [1.54, 1.807) is 6.92 Å². The maximum atomic E-state index is 12.3. The van der Waals surface area contributed by atoms with Crippen LogP contribution in [0.2, 0.25) is 5.02 Å². The fourth-order valence-electron chi connectivity index (χ4n) is 2.57. The molecule has 0 saturated carbocycles. The highest BCUT2D eigenvalue weighted by molar-refractivity contribution is 6.32. The Labute approximate surface area is 160 Å². The molecule has 1 unspecified atom stereocenters. The van der Waals surface area contributed by atoms with Gasteiger partial charge in [-0.3, -0.25) is 4.79 Å². The van der Waals surface area contributed by atoms with Crippen molar-refractivity contribution in [2.24, 2.45) is 0 Å². The predicted octanol–water partition coefficient (Wildman–Crippen LogP) is 4.83. The Bertz CT molecular complexity index is 751. The van der Waals surface area contributed by atoms with Crippen LogP contribution >= 0.6 is 11.6 Å². The van der Waals surface area contributed by atoms with Crippen LogP contribution in [-0.4, -0.2) is 18.1 Å². The van der Waals surface area contributed by atoms with Crippen molar-refractivity contribution in [2.45, 2.75) is 53.4 Å². The molecule has 2 rings (SSSR count). The van der Waals surface area contributed by atoms with Gasteiger partial charge in [0.15, 0.2) is 6.10 Å². The second-order valence-corrected chi connectivity index (χ2v) is 7.04. The number of halogens is 1. The summed E-state index contributed by atoms with van der Waals surface area (Å²) in [7, 11) is 0. The van der Waals surface area contributed by atoms with Crippen molar-refractivity contribution < 1.29 is 14.3 Å². The Morgan fingerprint density at radius 2 is 1.69 bits per heavy atom. The van der Waals surface area contributed by atoms with Gasteiger partial charge in [-0.1, -0.05) is 23.7 Å². The first kappa shape index (κ1) is 20.1. The first-order chi connectivity index (χ1) is 12.3. The molecule has 1 N–H and O–H groups in total. The average Bonchev–Trinajstić information content (AvgIpc) is 2.57. The highest BCUT2D eigenvalue weighted by Crippen LogP contribution is 2.26. The van der Waals surface area contributed by atoms with E-state index >= 15 is 0 Å². The van der Waals surface area contributed by atoms with Crippen molar-refractivity contribution in [3.8, 4) is 11.5 Å². The molecule has 1 atom stereocenters. The minimum Gasteiger partial charge on any atom is -0.491 e. The number of carbonyl (C=O) groups excluding carboxylic acids is 1. The van der Waals surface area contributed by atoms with Crippen LogP contribution in [0.25, 0.3) is 0 Å². The predicted molar refractivity (Wildman–Crippen MR) is 105 cm³/mol. The topological polar surface area (TPSA) is 47.6 Å². The van der Waals surface area contributed by atoms with Gasteiger partial charge in [0.1, 0.15) is 11.5 Å². The maximum absolute atomic E-state index is 12.3. The summed E-state index contributed by atoms with van der Waals surface area (Å²) in [5, 5.41) is 3.61. The van der Waals surface area contributed by atoms with Gasteiger partial charge in [-0.15, -0.1) is 0 Å². The van der Waals surface area contributed by atoms with Gasteiger partial charge in [0.25, 0.3) is 5.91 Å². The monoisotopic (exact) mass is 375 g/mol. The van der Waals surface area contributed by atoms with Crippen molar-refractivity contribution in [1.82, 2.24) is 5.32 Å². The normalized spacial score (nSPS) is 12.0. The van der Waals surface area contributed by atoms with E-state index in [1.807, 2.05) is 64.1 Å². The molecule has 0 spiro atoms. The van der Waals surface area contributed by atoms with Crippen LogP contribution in [0.4, 0.5) is 0 Å². The summed E-state index contributed by atoms with van der Waals surface area (Å²) in [5.74, 6) is 1.26. The van der Waals surface area contributed by atoms with Gasteiger partial charge >= 0.3 is 0 Å². The fraction of sp³-hybridized carbons (Fsp3) is 0.381. The summed E-state index contributed by atoms with van der Waals surface area (Å²) in [6.45, 7) is 9.94. The van der Waals surface area contributed by atoms with Crippen LogP contribution in [0.1, 0.15) is 37.5 Å². The van der Waals surface area contributed by atoms with E-state index < -0.39 is 6.10 Å². The molecule has 0 radical (unpaired) electrons. The summed E-state index contributed by atoms with van der Waals surface area (Å²) in [6, 6.07) is 11.4. The van der Waals surface area contributed by atoms with Crippen LogP contribution in [0.5, 0.6) is 11.5 Å². The summed E-state index contributed by atoms with van der Waals surface area (Å²) in [6.07, 6.45) is -0.496. The van der Waals surface area contributed by atoms with Gasteiger partial charge in [0.05, 0.1) is 6.10 Å². The number of hydrogen-bond acceptors (Lipinski definition) is 3. The van der Waals surface area contributed by atoms with E-state index in [1.165, 1.54) is 0 Å². The third kappa shape index (κ3) is 5.67. The second-order valence-electron chi connectivity index (χ2n) is 6.66. The summed E-state index contributed by atoms with van der Waals surface area (Å²) in [4.78, 5) is 12.3. The molecule has 1 amide bonds. The van der Waals surface area contributed by atoms with E-state index in [2.05, 4.69) is 5.32 Å². The minimum absolute atomic E-state index is 0.111. The van der Waals surface area contributed by atoms with E-state index in [0.717, 1.165) is 27.5 Å². The first-order valence-corrected chi connectivity index (χ1v) is 9.10. The summed E-state index contributed by atoms with van der Waals surface area (Å²) in [5.41, 5.74) is 2.83. The molecular weight excluding hydrogens is 350 g/mol. The van der Waals surface area contributed by atoms with Crippen LogP contribution in [0.3, 0.4) is 0 Å². The highest BCUT2D eigenvalue weighted by atomic mass is 35.5. The Hall–Kier alpha value is -2.20. The molecule has 0 fully saturated rings. The average molecular weight is 376 g/mol. The number of carbonyl (C=O) groups is 1. The molecule has 0 aromatic heterocycles. The molecule has 0 aliphatic carbocycles. The van der Waals surface area contributed by atoms with Gasteiger partial charge in [-0.2, -0.15) is 0 Å². The lowest BCUT2D eigenvalue weighted by molar-refractivity contribution is -0.127. The molecule has 5 heteroatoms. The highest BCUT2D eigenvalue weighted by Gasteiger charge is 2.15. The quantitative estimate of drug-likeness (QED) is 0.754. The van der Waals surface area contributed by atoms with Gasteiger partial charge < -0.3 is 14.8 Å². The molecule has 0 bridgehead atoms. The summed E-state index contributed by atoms with van der Waals surface area (Å²) >= 11 is 6.17. The number of aryl methyl sites for hydroxylation is 2. The maximum Gasteiger partial charge on any atom is 0.261 e.